The highest BCUT2D eigenvalue weighted by molar-refractivity contribution is 6.30. The van der Waals surface area contributed by atoms with Gasteiger partial charge in [0.15, 0.2) is 6.29 Å². The number of para-hydroxylation sites is 1. The molecule has 6 nitrogen and oxygen atoms in total. The number of ether oxygens (including phenoxy) is 2. The van der Waals surface area contributed by atoms with Gasteiger partial charge < -0.3 is 14.4 Å². The molecule has 2 fully saturated rings. The van der Waals surface area contributed by atoms with Gasteiger partial charge in [0.05, 0.1) is 24.5 Å². The third kappa shape index (κ3) is 4.24. The van der Waals surface area contributed by atoms with E-state index < -0.39 is 0 Å². The van der Waals surface area contributed by atoms with Gasteiger partial charge in [-0.2, -0.15) is 5.10 Å². The third-order valence-corrected chi connectivity index (χ3v) is 6.11. The summed E-state index contributed by atoms with van der Waals surface area (Å²) in [7, 11) is 0. The SMILES string of the molecule is O=C(c1cn(-c2ccccc2)nc1-c1ccc(Cl)cc1)N1CCCC(C2OCCO2)C1. The Labute approximate surface area is 186 Å². The third-order valence-electron chi connectivity index (χ3n) is 5.86. The topological polar surface area (TPSA) is 56.6 Å². The Morgan fingerprint density at radius 2 is 1.77 bits per heavy atom. The number of hydrogen-bond donors (Lipinski definition) is 0. The van der Waals surface area contributed by atoms with E-state index >= 15 is 0 Å². The first kappa shape index (κ1) is 20.2. The predicted octanol–water partition coefficient (Wildman–Crippen LogP) is 4.42. The summed E-state index contributed by atoms with van der Waals surface area (Å²) in [4.78, 5) is 15.5. The summed E-state index contributed by atoms with van der Waals surface area (Å²) < 4.78 is 13.2. The van der Waals surface area contributed by atoms with Gasteiger partial charge in [0.2, 0.25) is 0 Å². The molecule has 7 heteroatoms. The second kappa shape index (κ2) is 8.83. The van der Waals surface area contributed by atoms with E-state index in [1.165, 1.54) is 0 Å². The van der Waals surface area contributed by atoms with Crippen molar-refractivity contribution in [3.8, 4) is 16.9 Å². The molecule has 1 unspecified atom stereocenters. The summed E-state index contributed by atoms with van der Waals surface area (Å²) in [5.41, 5.74) is 3.00. The van der Waals surface area contributed by atoms with Gasteiger partial charge in [-0.1, -0.05) is 41.9 Å². The summed E-state index contributed by atoms with van der Waals surface area (Å²) in [5.74, 6) is 0.179. The lowest BCUT2D eigenvalue weighted by Gasteiger charge is -2.34. The van der Waals surface area contributed by atoms with Crippen molar-refractivity contribution in [2.24, 2.45) is 5.92 Å². The van der Waals surface area contributed by atoms with Gasteiger partial charge in [-0.3, -0.25) is 4.79 Å². The van der Waals surface area contributed by atoms with Crippen LogP contribution in [0.1, 0.15) is 23.2 Å². The monoisotopic (exact) mass is 437 g/mol. The summed E-state index contributed by atoms with van der Waals surface area (Å²) in [6.45, 7) is 2.60. The molecule has 2 aliphatic heterocycles. The molecule has 0 saturated carbocycles. The number of carbonyl (C=O) groups excluding carboxylic acids is 1. The Balaban J connectivity index is 1.48. The average molecular weight is 438 g/mol. The van der Waals surface area contributed by atoms with Gasteiger partial charge in [-0.15, -0.1) is 0 Å². The number of halogens is 1. The smallest absolute Gasteiger partial charge is 0.257 e. The van der Waals surface area contributed by atoms with Crippen LogP contribution in [0.2, 0.25) is 5.02 Å². The zero-order valence-corrected chi connectivity index (χ0v) is 17.9. The molecule has 1 atom stereocenters. The minimum atomic E-state index is -0.210. The standard InChI is InChI=1S/C24H24ClN3O3/c25-19-10-8-17(9-11-19)22-21(16-28(26-22)20-6-2-1-3-7-20)23(29)27-12-4-5-18(15-27)24-30-13-14-31-24/h1-3,6-11,16,18,24H,4-5,12-15H2. The zero-order valence-electron chi connectivity index (χ0n) is 17.1. The molecule has 0 N–H and O–H groups in total. The van der Waals surface area contributed by atoms with E-state index in [1.807, 2.05) is 65.7 Å². The number of nitrogens with zero attached hydrogens (tertiary/aromatic N) is 3. The lowest BCUT2D eigenvalue weighted by atomic mass is 9.96. The minimum absolute atomic E-state index is 0.0187. The molecule has 1 aromatic heterocycles. The van der Waals surface area contributed by atoms with Crippen molar-refractivity contribution in [2.45, 2.75) is 19.1 Å². The quantitative estimate of drug-likeness (QED) is 0.606. The van der Waals surface area contributed by atoms with Gasteiger partial charge in [-0.25, -0.2) is 4.68 Å². The Bertz CT molecular complexity index is 1050. The van der Waals surface area contributed by atoms with Crippen molar-refractivity contribution in [2.75, 3.05) is 26.3 Å². The van der Waals surface area contributed by atoms with E-state index in [4.69, 9.17) is 26.2 Å². The molecule has 160 valence electrons. The van der Waals surface area contributed by atoms with Crippen molar-refractivity contribution < 1.29 is 14.3 Å². The van der Waals surface area contributed by atoms with Gasteiger partial charge in [0.25, 0.3) is 5.91 Å². The van der Waals surface area contributed by atoms with Crippen LogP contribution in [0, 0.1) is 5.92 Å². The molecule has 5 rings (SSSR count). The minimum Gasteiger partial charge on any atom is -0.350 e. The van der Waals surface area contributed by atoms with Crippen LogP contribution in [0.3, 0.4) is 0 Å². The van der Waals surface area contributed by atoms with Crippen molar-refractivity contribution in [1.29, 1.82) is 0 Å². The van der Waals surface area contributed by atoms with E-state index in [1.54, 1.807) is 4.68 Å². The summed E-state index contributed by atoms with van der Waals surface area (Å²) in [6, 6.07) is 17.2. The van der Waals surface area contributed by atoms with Crippen LogP contribution in [0.25, 0.3) is 16.9 Å². The van der Waals surface area contributed by atoms with Crippen LogP contribution in [0.5, 0.6) is 0 Å². The molecule has 0 aliphatic carbocycles. The van der Waals surface area contributed by atoms with Crippen molar-refractivity contribution in [3.05, 3.63) is 71.4 Å². The summed E-state index contributed by atoms with van der Waals surface area (Å²) in [6.07, 6.45) is 3.55. The van der Waals surface area contributed by atoms with Gasteiger partial charge in [-0.05, 0) is 37.1 Å². The van der Waals surface area contributed by atoms with Crippen molar-refractivity contribution in [3.63, 3.8) is 0 Å². The van der Waals surface area contributed by atoms with Crippen molar-refractivity contribution in [1.82, 2.24) is 14.7 Å². The maximum atomic E-state index is 13.6. The molecule has 1 amide bonds. The second-order valence-corrected chi connectivity index (χ2v) is 8.38. The van der Waals surface area contributed by atoms with E-state index in [0.29, 0.717) is 36.0 Å². The molecule has 3 heterocycles. The van der Waals surface area contributed by atoms with Crippen molar-refractivity contribution >= 4 is 17.5 Å². The fourth-order valence-electron chi connectivity index (χ4n) is 4.30. The van der Waals surface area contributed by atoms with Gasteiger partial charge in [0, 0.05) is 35.8 Å². The molecule has 31 heavy (non-hydrogen) atoms. The number of rotatable bonds is 4. The first-order valence-electron chi connectivity index (χ1n) is 10.6. The maximum absolute atomic E-state index is 13.6. The second-order valence-electron chi connectivity index (χ2n) is 7.94. The Hall–Kier alpha value is -2.67. The molecule has 0 bridgehead atoms. The maximum Gasteiger partial charge on any atom is 0.257 e. The van der Waals surface area contributed by atoms with Crippen LogP contribution in [0.15, 0.2) is 60.8 Å². The van der Waals surface area contributed by atoms with E-state index in [2.05, 4.69) is 0 Å². The van der Waals surface area contributed by atoms with Crippen LogP contribution in [-0.2, 0) is 9.47 Å². The fraction of sp³-hybridized carbons (Fsp3) is 0.333. The molecular formula is C24H24ClN3O3. The Morgan fingerprint density at radius 3 is 2.52 bits per heavy atom. The Kier molecular flexibility index (Phi) is 5.76. The number of aromatic nitrogens is 2. The Morgan fingerprint density at radius 1 is 1.03 bits per heavy atom. The fourth-order valence-corrected chi connectivity index (χ4v) is 4.43. The molecule has 0 radical (unpaired) electrons. The normalized spacial score (nSPS) is 19.6. The highest BCUT2D eigenvalue weighted by Crippen LogP contribution is 2.30. The highest BCUT2D eigenvalue weighted by atomic mass is 35.5. The molecular weight excluding hydrogens is 414 g/mol. The zero-order chi connectivity index (χ0) is 21.2. The highest BCUT2D eigenvalue weighted by Gasteiger charge is 2.34. The molecule has 2 aromatic carbocycles. The lowest BCUT2D eigenvalue weighted by molar-refractivity contribution is -0.0969. The molecule has 3 aromatic rings. The molecule has 2 saturated heterocycles. The van der Waals surface area contributed by atoms with Crippen LogP contribution >= 0.6 is 11.6 Å². The van der Waals surface area contributed by atoms with Crippen LogP contribution in [0.4, 0.5) is 0 Å². The predicted molar refractivity (Wildman–Crippen MR) is 118 cm³/mol. The number of benzene rings is 2. The number of carbonyl (C=O) groups is 1. The first-order valence-corrected chi connectivity index (χ1v) is 11.0. The number of amides is 1. The number of hydrogen-bond acceptors (Lipinski definition) is 4. The summed E-state index contributed by atoms with van der Waals surface area (Å²) in [5, 5.41) is 5.42. The molecule has 0 spiro atoms. The average Bonchev–Trinajstić information content (AvgIpc) is 3.51. The van der Waals surface area contributed by atoms with Gasteiger partial charge >= 0.3 is 0 Å². The first-order chi connectivity index (χ1) is 15.2. The lowest BCUT2D eigenvalue weighted by Crippen LogP contribution is -2.43. The largest absolute Gasteiger partial charge is 0.350 e. The van der Waals surface area contributed by atoms with E-state index in [9.17, 15) is 4.79 Å². The van der Waals surface area contributed by atoms with E-state index in [-0.39, 0.29) is 18.1 Å². The van der Waals surface area contributed by atoms with E-state index in [0.717, 1.165) is 30.6 Å². The van der Waals surface area contributed by atoms with Gasteiger partial charge in [0.1, 0.15) is 5.69 Å². The molecule has 2 aliphatic rings. The van der Waals surface area contributed by atoms with Crippen LogP contribution in [-0.4, -0.2) is 53.2 Å². The van der Waals surface area contributed by atoms with Crippen LogP contribution < -0.4 is 0 Å². The summed E-state index contributed by atoms with van der Waals surface area (Å²) >= 11 is 6.08. The number of likely N-dealkylation sites (tertiary alicyclic amines) is 1. The number of piperidine rings is 1.